The molecule has 2 rings (SSSR count). The van der Waals surface area contributed by atoms with Crippen LogP contribution in [0.15, 0.2) is 12.4 Å². The molecule has 1 saturated heterocycles. The third-order valence-electron chi connectivity index (χ3n) is 2.84. The van der Waals surface area contributed by atoms with Gasteiger partial charge in [-0.05, 0) is 12.8 Å². The number of halogens is 1. The molecule has 90 valence electrons. The molecule has 0 aliphatic carbocycles. The van der Waals surface area contributed by atoms with Crippen LogP contribution in [0.25, 0.3) is 0 Å². The highest BCUT2D eigenvalue weighted by Gasteiger charge is 2.19. The lowest BCUT2D eigenvalue weighted by Gasteiger charge is -2.30. The number of aromatic nitrogens is 2. The van der Waals surface area contributed by atoms with Gasteiger partial charge in [0.1, 0.15) is 0 Å². The molecule has 6 heteroatoms. The van der Waals surface area contributed by atoms with Crippen molar-refractivity contribution < 1.29 is 0 Å². The fraction of sp³-hybridized carbons (Fsp3) is 0.545. The largest absolute Gasteiger partial charge is 0.351 e. The highest BCUT2D eigenvalue weighted by atomic mass is 35.5. The number of likely N-dealkylation sites (tertiary alicyclic amines) is 1. The molecular formula is C11H14ClN5. The Morgan fingerprint density at radius 3 is 2.65 bits per heavy atom. The second-order valence-electron chi connectivity index (χ2n) is 4.08. The molecule has 0 spiro atoms. The van der Waals surface area contributed by atoms with E-state index in [1.165, 1.54) is 0 Å². The van der Waals surface area contributed by atoms with E-state index in [2.05, 4.69) is 26.3 Å². The molecular weight excluding hydrogens is 238 g/mol. The van der Waals surface area contributed by atoms with E-state index in [1.54, 1.807) is 12.4 Å². The van der Waals surface area contributed by atoms with E-state index < -0.39 is 0 Å². The van der Waals surface area contributed by atoms with Gasteiger partial charge in [-0.2, -0.15) is 5.26 Å². The smallest absolute Gasteiger partial charge is 0.222 e. The lowest BCUT2D eigenvalue weighted by Crippen LogP contribution is -2.39. The van der Waals surface area contributed by atoms with Crippen molar-refractivity contribution in [1.29, 1.82) is 5.26 Å². The molecule has 1 aromatic rings. The zero-order valence-corrected chi connectivity index (χ0v) is 10.2. The molecule has 17 heavy (non-hydrogen) atoms. The molecule has 1 fully saturated rings. The summed E-state index contributed by atoms with van der Waals surface area (Å²) in [4.78, 5) is 10.4. The molecule has 2 heterocycles. The summed E-state index contributed by atoms with van der Waals surface area (Å²) < 4.78 is 0. The van der Waals surface area contributed by atoms with Crippen LogP contribution in [0.5, 0.6) is 0 Å². The molecule has 0 saturated carbocycles. The van der Waals surface area contributed by atoms with Gasteiger partial charge < -0.3 is 5.32 Å². The van der Waals surface area contributed by atoms with Crippen molar-refractivity contribution in [2.75, 3.05) is 25.0 Å². The van der Waals surface area contributed by atoms with E-state index in [0.29, 0.717) is 23.6 Å². The van der Waals surface area contributed by atoms with E-state index in [9.17, 15) is 0 Å². The Morgan fingerprint density at radius 1 is 1.41 bits per heavy atom. The van der Waals surface area contributed by atoms with Crippen LogP contribution in [0.3, 0.4) is 0 Å². The van der Waals surface area contributed by atoms with Crippen molar-refractivity contribution in [3.63, 3.8) is 0 Å². The van der Waals surface area contributed by atoms with Gasteiger partial charge >= 0.3 is 0 Å². The highest BCUT2D eigenvalue weighted by Crippen LogP contribution is 2.14. The van der Waals surface area contributed by atoms with Gasteiger partial charge in [-0.25, -0.2) is 9.97 Å². The van der Waals surface area contributed by atoms with Crippen LogP contribution in [-0.2, 0) is 0 Å². The molecule has 0 atom stereocenters. The number of hydrogen-bond acceptors (Lipinski definition) is 5. The van der Waals surface area contributed by atoms with Crippen LogP contribution in [-0.4, -0.2) is 40.5 Å². The number of piperidine rings is 1. The van der Waals surface area contributed by atoms with Gasteiger partial charge in [0.05, 0.1) is 30.0 Å². The first-order valence-corrected chi connectivity index (χ1v) is 5.99. The Kier molecular flexibility index (Phi) is 4.13. The summed E-state index contributed by atoms with van der Waals surface area (Å²) in [5.74, 6) is 0.619. The first kappa shape index (κ1) is 12.1. The van der Waals surface area contributed by atoms with Crippen LogP contribution in [0.4, 0.5) is 5.95 Å². The van der Waals surface area contributed by atoms with Crippen molar-refractivity contribution in [2.24, 2.45) is 0 Å². The monoisotopic (exact) mass is 251 g/mol. The van der Waals surface area contributed by atoms with Crippen LogP contribution < -0.4 is 5.32 Å². The Balaban J connectivity index is 1.82. The van der Waals surface area contributed by atoms with Gasteiger partial charge in [-0.1, -0.05) is 11.6 Å². The Hall–Kier alpha value is -1.38. The SMILES string of the molecule is N#CCN1CCC(Nc2ncc(Cl)cn2)CC1. The van der Waals surface area contributed by atoms with E-state index in [0.717, 1.165) is 25.9 Å². The van der Waals surface area contributed by atoms with Crippen LogP contribution in [0, 0.1) is 11.3 Å². The summed E-state index contributed by atoms with van der Waals surface area (Å²) in [7, 11) is 0. The molecule has 1 aliphatic rings. The van der Waals surface area contributed by atoms with Crippen LogP contribution in [0.1, 0.15) is 12.8 Å². The first-order chi connectivity index (χ1) is 8.28. The minimum absolute atomic E-state index is 0.381. The van der Waals surface area contributed by atoms with E-state index in [4.69, 9.17) is 16.9 Å². The summed E-state index contributed by atoms with van der Waals surface area (Å²) in [6.45, 7) is 2.40. The van der Waals surface area contributed by atoms with Gasteiger partial charge in [0.25, 0.3) is 0 Å². The normalized spacial score (nSPS) is 17.6. The summed E-state index contributed by atoms with van der Waals surface area (Å²) >= 11 is 5.72. The standard InChI is InChI=1S/C11H14ClN5/c12-9-7-14-11(15-8-9)16-10-1-4-17(5-2-10)6-3-13/h7-8,10H,1-2,4-6H2,(H,14,15,16). The zero-order valence-electron chi connectivity index (χ0n) is 9.43. The maximum absolute atomic E-state index is 8.61. The summed E-state index contributed by atoms with van der Waals surface area (Å²) in [5.41, 5.74) is 0. The number of nitrogens with one attached hydrogen (secondary N) is 1. The fourth-order valence-corrected chi connectivity index (χ4v) is 2.00. The van der Waals surface area contributed by atoms with Crippen molar-refractivity contribution in [2.45, 2.75) is 18.9 Å². The fourth-order valence-electron chi connectivity index (χ4n) is 1.90. The average molecular weight is 252 g/mol. The minimum atomic E-state index is 0.381. The molecule has 1 aliphatic heterocycles. The molecule has 0 radical (unpaired) electrons. The van der Waals surface area contributed by atoms with Crippen LogP contribution in [0.2, 0.25) is 5.02 Å². The lowest BCUT2D eigenvalue weighted by atomic mass is 10.1. The molecule has 5 nitrogen and oxygen atoms in total. The Labute approximate surface area is 105 Å². The maximum atomic E-state index is 8.61. The summed E-state index contributed by atoms with van der Waals surface area (Å²) in [6.07, 6.45) is 5.19. The highest BCUT2D eigenvalue weighted by molar-refractivity contribution is 6.30. The summed E-state index contributed by atoms with van der Waals surface area (Å²) in [6, 6.07) is 2.56. The van der Waals surface area contributed by atoms with Crippen LogP contribution >= 0.6 is 11.6 Å². The van der Waals surface area contributed by atoms with Gasteiger partial charge in [0.2, 0.25) is 5.95 Å². The lowest BCUT2D eigenvalue weighted by molar-refractivity contribution is 0.242. The maximum Gasteiger partial charge on any atom is 0.222 e. The molecule has 0 bridgehead atoms. The van der Waals surface area contributed by atoms with E-state index >= 15 is 0 Å². The third-order valence-corrected chi connectivity index (χ3v) is 3.03. The van der Waals surface area contributed by atoms with Gasteiger partial charge in [-0.3, -0.25) is 4.90 Å². The topological polar surface area (TPSA) is 64.8 Å². The van der Waals surface area contributed by atoms with Gasteiger partial charge in [-0.15, -0.1) is 0 Å². The number of anilines is 1. The predicted octanol–water partition coefficient (Wildman–Crippen LogP) is 1.53. The average Bonchev–Trinajstić information content (AvgIpc) is 2.35. The van der Waals surface area contributed by atoms with Gasteiger partial charge in [0, 0.05) is 19.1 Å². The zero-order chi connectivity index (χ0) is 12.1. The quantitative estimate of drug-likeness (QED) is 0.826. The summed E-state index contributed by atoms with van der Waals surface area (Å²) in [5, 5.41) is 12.4. The second-order valence-corrected chi connectivity index (χ2v) is 4.51. The minimum Gasteiger partial charge on any atom is -0.351 e. The van der Waals surface area contributed by atoms with Gasteiger partial charge in [0.15, 0.2) is 0 Å². The van der Waals surface area contributed by atoms with Crippen molar-refractivity contribution in [3.05, 3.63) is 17.4 Å². The Bertz CT molecular complexity index is 391. The molecule has 0 unspecified atom stereocenters. The molecule has 0 aromatic carbocycles. The van der Waals surface area contributed by atoms with E-state index in [-0.39, 0.29) is 0 Å². The van der Waals surface area contributed by atoms with Crippen molar-refractivity contribution in [1.82, 2.24) is 14.9 Å². The number of nitrogens with zero attached hydrogens (tertiary/aromatic N) is 4. The van der Waals surface area contributed by atoms with Crippen molar-refractivity contribution >= 4 is 17.5 Å². The molecule has 1 N–H and O–H groups in total. The number of hydrogen-bond donors (Lipinski definition) is 1. The Morgan fingerprint density at radius 2 is 2.06 bits per heavy atom. The van der Waals surface area contributed by atoms with E-state index in [1.807, 2.05) is 0 Å². The number of nitriles is 1. The second kappa shape index (κ2) is 5.80. The van der Waals surface area contributed by atoms with Crippen molar-refractivity contribution in [3.8, 4) is 6.07 Å². The third kappa shape index (κ3) is 3.55. The first-order valence-electron chi connectivity index (χ1n) is 5.61. The predicted molar refractivity (Wildman–Crippen MR) is 65.7 cm³/mol. The molecule has 0 amide bonds. The number of rotatable bonds is 3. The molecule has 1 aromatic heterocycles.